The zero-order valence-electron chi connectivity index (χ0n) is 13.2. The van der Waals surface area contributed by atoms with Gasteiger partial charge in [0.25, 0.3) is 5.91 Å². The van der Waals surface area contributed by atoms with Crippen LogP contribution in [0.4, 0.5) is 0 Å². The van der Waals surface area contributed by atoms with Crippen molar-refractivity contribution < 1.29 is 4.79 Å². The van der Waals surface area contributed by atoms with Crippen molar-refractivity contribution in [3.05, 3.63) is 72.2 Å². The minimum absolute atomic E-state index is 0.172. The van der Waals surface area contributed by atoms with E-state index in [-0.39, 0.29) is 5.91 Å². The SMILES string of the molecule is O=C(NCc1cccnc1-c1ccncc1)c1ccc2n[nH]nc2c1. The summed E-state index contributed by atoms with van der Waals surface area (Å²) in [5.74, 6) is -0.172. The molecule has 1 aromatic carbocycles. The molecule has 4 aromatic rings. The molecule has 7 nitrogen and oxygen atoms in total. The first-order valence-corrected chi connectivity index (χ1v) is 7.74. The molecule has 0 fully saturated rings. The minimum Gasteiger partial charge on any atom is -0.348 e. The molecule has 25 heavy (non-hydrogen) atoms. The molecule has 0 saturated heterocycles. The zero-order valence-corrected chi connectivity index (χ0v) is 13.2. The standard InChI is InChI=1S/C18H14N6O/c25-18(13-3-4-15-16(10-13)23-24-22-15)21-11-14-2-1-7-20-17(14)12-5-8-19-9-6-12/h1-10H,11H2,(H,21,25)(H,22,23,24). The molecule has 3 aromatic heterocycles. The number of nitrogens with zero attached hydrogens (tertiary/aromatic N) is 4. The van der Waals surface area contributed by atoms with Gasteiger partial charge in [0.05, 0.1) is 5.69 Å². The van der Waals surface area contributed by atoms with Crippen LogP contribution >= 0.6 is 0 Å². The second kappa shape index (κ2) is 6.48. The Balaban J connectivity index is 1.54. The molecule has 0 unspecified atom stereocenters. The lowest BCUT2D eigenvalue weighted by Crippen LogP contribution is -2.23. The molecule has 2 N–H and O–H groups in total. The van der Waals surface area contributed by atoms with E-state index in [4.69, 9.17) is 0 Å². The molecular formula is C18H14N6O. The number of fused-ring (bicyclic) bond motifs is 1. The van der Waals surface area contributed by atoms with Gasteiger partial charge < -0.3 is 5.32 Å². The van der Waals surface area contributed by atoms with E-state index >= 15 is 0 Å². The molecule has 4 rings (SSSR count). The molecule has 1 amide bonds. The zero-order chi connectivity index (χ0) is 17.1. The average Bonchev–Trinajstić information content (AvgIpc) is 3.15. The van der Waals surface area contributed by atoms with Crippen LogP contribution in [-0.4, -0.2) is 31.3 Å². The molecule has 0 bridgehead atoms. The minimum atomic E-state index is -0.172. The number of aromatic nitrogens is 5. The molecule has 0 aliphatic heterocycles. The number of benzene rings is 1. The van der Waals surface area contributed by atoms with Crippen LogP contribution in [0.5, 0.6) is 0 Å². The van der Waals surface area contributed by atoms with Gasteiger partial charge in [-0.25, -0.2) is 0 Å². The van der Waals surface area contributed by atoms with Crippen molar-refractivity contribution in [2.45, 2.75) is 6.54 Å². The largest absolute Gasteiger partial charge is 0.348 e. The van der Waals surface area contributed by atoms with Gasteiger partial charge in [-0.3, -0.25) is 14.8 Å². The number of pyridine rings is 2. The van der Waals surface area contributed by atoms with Crippen LogP contribution in [0.1, 0.15) is 15.9 Å². The van der Waals surface area contributed by atoms with Gasteiger partial charge in [0.1, 0.15) is 11.0 Å². The first kappa shape index (κ1) is 14.9. The number of carbonyl (C=O) groups excluding carboxylic acids is 1. The smallest absolute Gasteiger partial charge is 0.251 e. The number of amides is 1. The number of hydrogen-bond acceptors (Lipinski definition) is 5. The number of hydrogen-bond donors (Lipinski definition) is 2. The summed E-state index contributed by atoms with van der Waals surface area (Å²) < 4.78 is 0. The maximum atomic E-state index is 12.4. The highest BCUT2D eigenvalue weighted by Gasteiger charge is 2.10. The topological polar surface area (TPSA) is 96.5 Å². The van der Waals surface area contributed by atoms with E-state index in [2.05, 4.69) is 30.7 Å². The van der Waals surface area contributed by atoms with Crippen LogP contribution < -0.4 is 5.32 Å². The van der Waals surface area contributed by atoms with Gasteiger partial charge in [0.2, 0.25) is 0 Å². The fourth-order valence-corrected chi connectivity index (χ4v) is 2.61. The Morgan fingerprint density at radius 1 is 1.00 bits per heavy atom. The van der Waals surface area contributed by atoms with Crippen molar-refractivity contribution in [2.24, 2.45) is 0 Å². The first-order valence-electron chi connectivity index (χ1n) is 7.74. The lowest BCUT2D eigenvalue weighted by Gasteiger charge is -2.10. The van der Waals surface area contributed by atoms with Gasteiger partial charge in [-0.15, -0.1) is 0 Å². The monoisotopic (exact) mass is 330 g/mol. The van der Waals surface area contributed by atoms with Crippen LogP contribution in [0, 0.1) is 0 Å². The van der Waals surface area contributed by atoms with Crippen molar-refractivity contribution in [3.8, 4) is 11.3 Å². The van der Waals surface area contributed by atoms with Gasteiger partial charge in [-0.1, -0.05) is 6.07 Å². The summed E-state index contributed by atoms with van der Waals surface area (Å²) in [6, 6.07) is 12.8. The van der Waals surface area contributed by atoms with Gasteiger partial charge >= 0.3 is 0 Å². The Labute approximate surface area is 143 Å². The first-order chi connectivity index (χ1) is 12.3. The van der Waals surface area contributed by atoms with E-state index in [1.807, 2.05) is 24.3 Å². The maximum absolute atomic E-state index is 12.4. The van der Waals surface area contributed by atoms with Crippen molar-refractivity contribution in [1.82, 2.24) is 30.7 Å². The second-order valence-electron chi connectivity index (χ2n) is 5.46. The summed E-state index contributed by atoms with van der Waals surface area (Å²) in [6.07, 6.45) is 5.18. The Kier molecular flexibility index (Phi) is 3.88. The molecule has 7 heteroatoms. The molecule has 0 aliphatic carbocycles. The predicted molar refractivity (Wildman–Crippen MR) is 92.5 cm³/mol. The molecule has 0 atom stereocenters. The lowest BCUT2D eigenvalue weighted by atomic mass is 10.1. The summed E-state index contributed by atoms with van der Waals surface area (Å²) in [4.78, 5) is 20.9. The van der Waals surface area contributed by atoms with E-state index in [1.165, 1.54) is 0 Å². The molecule has 0 radical (unpaired) electrons. The highest BCUT2D eigenvalue weighted by molar-refractivity contribution is 5.97. The van der Waals surface area contributed by atoms with Crippen LogP contribution in [0.25, 0.3) is 22.3 Å². The van der Waals surface area contributed by atoms with Gasteiger partial charge in [0, 0.05) is 36.3 Å². The number of H-pyrrole nitrogens is 1. The molecule has 0 saturated carbocycles. The van der Waals surface area contributed by atoms with Crippen molar-refractivity contribution in [1.29, 1.82) is 0 Å². The normalized spacial score (nSPS) is 10.7. The number of aromatic amines is 1. The average molecular weight is 330 g/mol. The lowest BCUT2D eigenvalue weighted by molar-refractivity contribution is 0.0951. The van der Waals surface area contributed by atoms with E-state index in [1.54, 1.807) is 36.8 Å². The number of carbonyl (C=O) groups is 1. The number of rotatable bonds is 4. The third-order valence-electron chi connectivity index (χ3n) is 3.86. The van der Waals surface area contributed by atoms with Gasteiger partial charge in [-0.2, -0.15) is 15.4 Å². The molecule has 0 spiro atoms. The van der Waals surface area contributed by atoms with Crippen LogP contribution in [-0.2, 0) is 6.54 Å². The Hall–Kier alpha value is -3.61. The number of nitrogens with one attached hydrogen (secondary N) is 2. The summed E-state index contributed by atoms with van der Waals surface area (Å²) in [5, 5.41) is 13.5. The van der Waals surface area contributed by atoms with Crippen LogP contribution in [0.2, 0.25) is 0 Å². The van der Waals surface area contributed by atoms with E-state index < -0.39 is 0 Å². The highest BCUT2D eigenvalue weighted by atomic mass is 16.1. The second-order valence-corrected chi connectivity index (χ2v) is 5.46. The fraction of sp³-hybridized carbons (Fsp3) is 0.0556. The fourth-order valence-electron chi connectivity index (χ4n) is 2.61. The summed E-state index contributed by atoms with van der Waals surface area (Å²) in [6.45, 7) is 0.376. The van der Waals surface area contributed by atoms with Gasteiger partial charge in [0.15, 0.2) is 0 Å². The Morgan fingerprint density at radius 3 is 2.72 bits per heavy atom. The van der Waals surface area contributed by atoms with Crippen molar-refractivity contribution >= 4 is 16.9 Å². The molecule has 3 heterocycles. The van der Waals surface area contributed by atoms with Gasteiger partial charge in [-0.05, 0) is 42.0 Å². The van der Waals surface area contributed by atoms with E-state index in [0.717, 1.165) is 22.3 Å². The van der Waals surface area contributed by atoms with E-state index in [9.17, 15) is 4.79 Å². The Bertz CT molecular complexity index is 1030. The van der Waals surface area contributed by atoms with Crippen LogP contribution in [0.3, 0.4) is 0 Å². The molecular weight excluding hydrogens is 316 g/mol. The third-order valence-corrected chi connectivity index (χ3v) is 3.86. The van der Waals surface area contributed by atoms with Crippen molar-refractivity contribution in [3.63, 3.8) is 0 Å². The predicted octanol–water partition coefficient (Wildman–Crippen LogP) is 2.34. The Morgan fingerprint density at radius 2 is 1.84 bits per heavy atom. The quantitative estimate of drug-likeness (QED) is 0.599. The van der Waals surface area contributed by atoms with Crippen molar-refractivity contribution in [2.75, 3.05) is 0 Å². The molecule has 122 valence electrons. The molecule has 0 aliphatic rings. The third kappa shape index (κ3) is 3.07. The highest BCUT2D eigenvalue weighted by Crippen LogP contribution is 2.20. The van der Waals surface area contributed by atoms with Crippen LogP contribution in [0.15, 0.2) is 61.1 Å². The maximum Gasteiger partial charge on any atom is 0.251 e. The summed E-state index contributed by atoms with van der Waals surface area (Å²) >= 11 is 0. The van der Waals surface area contributed by atoms with E-state index in [0.29, 0.717) is 17.6 Å². The summed E-state index contributed by atoms with van der Waals surface area (Å²) in [5.41, 5.74) is 4.65. The summed E-state index contributed by atoms with van der Waals surface area (Å²) in [7, 11) is 0.